The number of anilines is 1. The van der Waals surface area contributed by atoms with Crippen LogP contribution in [0.25, 0.3) is 0 Å². The van der Waals surface area contributed by atoms with E-state index in [2.05, 4.69) is 12.2 Å². The van der Waals surface area contributed by atoms with Gasteiger partial charge >= 0.3 is 5.97 Å². The summed E-state index contributed by atoms with van der Waals surface area (Å²) in [4.78, 5) is 53.5. The third-order valence-corrected chi connectivity index (χ3v) is 8.76. The summed E-state index contributed by atoms with van der Waals surface area (Å²) in [5.41, 5.74) is 1.97. The maximum absolute atomic E-state index is 13.4. The molecule has 3 aromatic carbocycles. The van der Waals surface area contributed by atoms with Gasteiger partial charge in [-0.1, -0.05) is 48.6 Å². The SMILES string of the molecule is O=C(COC(=O)c1cccc(N2C(=O)C3C4C=CC(C5CC45)C3C2=O)c1)c1ccc(OCc2ccccc2)cc1. The Kier molecular flexibility index (Phi) is 5.88. The summed E-state index contributed by atoms with van der Waals surface area (Å²) in [7, 11) is 0. The van der Waals surface area contributed by atoms with Crippen molar-refractivity contribution in [3.05, 3.63) is 108 Å². The summed E-state index contributed by atoms with van der Waals surface area (Å²) in [6, 6.07) is 22.8. The van der Waals surface area contributed by atoms with E-state index in [0.717, 1.165) is 12.0 Å². The molecule has 2 amide bonds. The zero-order chi connectivity index (χ0) is 27.4. The lowest BCUT2D eigenvalue weighted by molar-refractivity contribution is -0.124. The molecule has 6 atom stereocenters. The van der Waals surface area contributed by atoms with Crippen molar-refractivity contribution in [1.82, 2.24) is 0 Å². The topological polar surface area (TPSA) is 90.0 Å². The van der Waals surface area contributed by atoms with Crippen LogP contribution in [-0.2, 0) is 20.9 Å². The number of hydrogen-bond acceptors (Lipinski definition) is 6. The van der Waals surface area contributed by atoms with Crippen LogP contribution in [0.5, 0.6) is 5.75 Å². The fraction of sp³-hybridized carbons (Fsp3) is 0.273. The molecule has 0 aromatic heterocycles. The number of imide groups is 1. The fourth-order valence-electron chi connectivity index (χ4n) is 6.76. The summed E-state index contributed by atoms with van der Waals surface area (Å²) >= 11 is 0. The van der Waals surface area contributed by atoms with Gasteiger partial charge in [0.25, 0.3) is 0 Å². The number of ether oxygens (including phenoxy) is 2. The summed E-state index contributed by atoms with van der Waals surface area (Å²) in [5.74, 6) is -0.116. The van der Waals surface area contributed by atoms with Crippen LogP contribution in [0.3, 0.4) is 0 Å². The summed E-state index contributed by atoms with van der Waals surface area (Å²) in [6.45, 7) is -0.0172. The van der Waals surface area contributed by atoms with Crippen LogP contribution >= 0.6 is 0 Å². The average molecular weight is 534 g/mol. The van der Waals surface area contributed by atoms with Gasteiger partial charge in [-0.05, 0) is 78.1 Å². The number of esters is 1. The summed E-state index contributed by atoms with van der Waals surface area (Å²) in [5, 5.41) is 0. The monoisotopic (exact) mass is 533 g/mol. The molecule has 6 unspecified atom stereocenters. The van der Waals surface area contributed by atoms with Crippen LogP contribution in [0.4, 0.5) is 5.69 Å². The number of ketones is 1. The quantitative estimate of drug-likeness (QED) is 0.178. The highest BCUT2D eigenvalue weighted by atomic mass is 16.5. The van der Waals surface area contributed by atoms with E-state index in [1.165, 1.54) is 11.0 Å². The Labute approximate surface area is 231 Å². The van der Waals surface area contributed by atoms with Gasteiger partial charge in [-0.3, -0.25) is 14.4 Å². The number of carbonyl (C=O) groups is 4. The number of carbonyl (C=O) groups excluding carboxylic acids is 4. The minimum Gasteiger partial charge on any atom is -0.489 e. The van der Waals surface area contributed by atoms with Crippen LogP contribution in [0, 0.1) is 35.5 Å². The highest BCUT2D eigenvalue weighted by Crippen LogP contribution is 2.65. The number of nitrogens with zero attached hydrogens (tertiary/aromatic N) is 1. The van der Waals surface area contributed by atoms with E-state index in [1.807, 2.05) is 30.3 Å². The minimum atomic E-state index is -0.697. The standard InChI is InChI=1S/C33H27NO6/c35-28(20-9-11-23(12-10-20)39-17-19-5-2-1-3-6-19)18-40-33(38)21-7-4-8-22(15-21)34-31(36)29-24-13-14-25(27-16-26(24)27)30(29)32(34)37/h1-15,24-27,29-30H,16-18H2. The predicted octanol–water partition coefficient (Wildman–Crippen LogP) is 4.86. The van der Waals surface area contributed by atoms with Gasteiger partial charge in [-0.2, -0.15) is 0 Å². The molecule has 3 aromatic rings. The molecule has 7 nitrogen and oxygen atoms in total. The Hall–Kier alpha value is -4.52. The van der Waals surface area contributed by atoms with E-state index in [1.54, 1.807) is 42.5 Å². The Morgan fingerprint density at radius 2 is 1.45 bits per heavy atom. The number of allylic oxidation sites excluding steroid dienone is 2. The zero-order valence-corrected chi connectivity index (χ0v) is 21.6. The van der Waals surface area contributed by atoms with Gasteiger partial charge in [0.15, 0.2) is 12.4 Å². The lowest BCUT2D eigenvalue weighted by Crippen LogP contribution is -2.40. The molecule has 0 spiro atoms. The molecule has 5 aliphatic rings. The minimum absolute atomic E-state index is 0.130. The molecule has 0 N–H and O–H groups in total. The van der Waals surface area contributed by atoms with Crippen molar-refractivity contribution in [3.8, 4) is 5.75 Å². The van der Waals surface area contributed by atoms with Crippen LogP contribution in [0.15, 0.2) is 91.0 Å². The molecule has 1 aliphatic heterocycles. The molecule has 3 fully saturated rings. The fourth-order valence-corrected chi connectivity index (χ4v) is 6.76. The predicted molar refractivity (Wildman–Crippen MR) is 145 cm³/mol. The molecule has 1 saturated heterocycles. The van der Waals surface area contributed by atoms with Crippen molar-refractivity contribution in [2.24, 2.45) is 35.5 Å². The molecule has 4 aliphatic carbocycles. The smallest absolute Gasteiger partial charge is 0.338 e. The lowest BCUT2D eigenvalue weighted by atomic mass is 9.63. The van der Waals surface area contributed by atoms with Crippen molar-refractivity contribution in [3.63, 3.8) is 0 Å². The number of rotatable bonds is 8. The highest BCUT2D eigenvalue weighted by Gasteiger charge is 2.67. The molecular formula is C33H27NO6. The number of Topliss-reactive ketones (excluding diaryl/α,β-unsaturated/α-hetero) is 1. The van der Waals surface area contributed by atoms with Gasteiger partial charge in [0.1, 0.15) is 12.4 Å². The largest absolute Gasteiger partial charge is 0.489 e. The Bertz CT molecular complexity index is 1510. The van der Waals surface area contributed by atoms with Crippen LogP contribution in [0.2, 0.25) is 0 Å². The Morgan fingerprint density at radius 1 is 0.775 bits per heavy atom. The molecule has 1 heterocycles. The van der Waals surface area contributed by atoms with E-state index in [-0.39, 0.29) is 46.8 Å². The van der Waals surface area contributed by atoms with Crippen molar-refractivity contribution in [2.75, 3.05) is 11.5 Å². The van der Waals surface area contributed by atoms with Gasteiger partial charge in [-0.15, -0.1) is 0 Å². The first-order chi connectivity index (χ1) is 19.5. The molecular weight excluding hydrogens is 506 g/mol. The third kappa shape index (κ3) is 4.13. The molecule has 200 valence electrons. The van der Waals surface area contributed by atoms with E-state index in [4.69, 9.17) is 9.47 Å². The van der Waals surface area contributed by atoms with Gasteiger partial charge in [0.05, 0.1) is 23.1 Å². The van der Waals surface area contributed by atoms with Crippen molar-refractivity contribution in [1.29, 1.82) is 0 Å². The average Bonchev–Trinajstić information content (AvgIpc) is 3.78. The van der Waals surface area contributed by atoms with Gasteiger partial charge in [0, 0.05) is 5.56 Å². The van der Waals surface area contributed by atoms with Crippen molar-refractivity contribution < 1.29 is 28.7 Å². The molecule has 0 radical (unpaired) electrons. The molecule has 2 saturated carbocycles. The second kappa shape index (κ2) is 9.59. The number of benzene rings is 3. The maximum Gasteiger partial charge on any atom is 0.338 e. The molecule has 7 heteroatoms. The first-order valence-electron chi connectivity index (χ1n) is 13.6. The van der Waals surface area contributed by atoms with Crippen molar-refractivity contribution >= 4 is 29.3 Å². The Balaban J connectivity index is 0.979. The molecule has 8 rings (SSSR count). The molecule has 40 heavy (non-hydrogen) atoms. The van der Waals surface area contributed by atoms with E-state index < -0.39 is 12.6 Å². The summed E-state index contributed by atoms with van der Waals surface area (Å²) in [6.07, 6.45) is 5.36. The van der Waals surface area contributed by atoms with Crippen LogP contribution in [0.1, 0.15) is 32.7 Å². The highest BCUT2D eigenvalue weighted by molar-refractivity contribution is 6.23. The van der Waals surface area contributed by atoms with Gasteiger partial charge < -0.3 is 9.47 Å². The second-order valence-electron chi connectivity index (χ2n) is 11.0. The van der Waals surface area contributed by atoms with Crippen LogP contribution in [-0.4, -0.2) is 30.2 Å². The zero-order valence-electron chi connectivity index (χ0n) is 21.6. The van der Waals surface area contributed by atoms with Crippen LogP contribution < -0.4 is 9.64 Å². The lowest BCUT2D eigenvalue weighted by Gasteiger charge is -2.37. The number of amides is 2. The maximum atomic E-state index is 13.4. The van der Waals surface area contributed by atoms with E-state index >= 15 is 0 Å². The Morgan fingerprint density at radius 3 is 2.12 bits per heavy atom. The third-order valence-electron chi connectivity index (χ3n) is 8.76. The first kappa shape index (κ1) is 24.5. The normalized spacial score (nSPS) is 27.2. The van der Waals surface area contributed by atoms with Gasteiger partial charge in [0.2, 0.25) is 11.8 Å². The van der Waals surface area contributed by atoms with Gasteiger partial charge in [-0.25, -0.2) is 9.69 Å². The molecule has 2 bridgehead atoms. The van der Waals surface area contributed by atoms with E-state index in [0.29, 0.717) is 35.4 Å². The first-order valence-corrected chi connectivity index (χ1v) is 13.6. The van der Waals surface area contributed by atoms with E-state index in [9.17, 15) is 19.2 Å². The summed E-state index contributed by atoms with van der Waals surface area (Å²) < 4.78 is 11.0. The van der Waals surface area contributed by atoms with Crippen molar-refractivity contribution in [2.45, 2.75) is 13.0 Å². The number of hydrogen-bond donors (Lipinski definition) is 0. The second-order valence-corrected chi connectivity index (χ2v) is 11.0.